The van der Waals surface area contributed by atoms with Gasteiger partial charge in [-0.15, -0.1) is 0 Å². The van der Waals surface area contributed by atoms with Crippen LogP contribution in [-0.2, 0) is 14.3 Å². The number of rotatable bonds is 3. The molecule has 0 radical (unpaired) electrons. The average molecular weight is 242 g/mol. The number of ether oxygens (including phenoxy) is 2. The zero-order valence-electron chi connectivity index (χ0n) is 10.6. The molecule has 5 heteroatoms. The molecule has 98 valence electrons. The van der Waals surface area contributed by atoms with Crippen LogP contribution in [0.4, 0.5) is 0 Å². The molecule has 2 heterocycles. The predicted molar refractivity (Wildman–Crippen MR) is 63.6 cm³/mol. The van der Waals surface area contributed by atoms with Crippen LogP contribution in [0.15, 0.2) is 0 Å². The van der Waals surface area contributed by atoms with Crippen molar-refractivity contribution in [3.8, 4) is 0 Å². The summed E-state index contributed by atoms with van der Waals surface area (Å²) in [7, 11) is 1.87. The van der Waals surface area contributed by atoms with Crippen molar-refractivity contribution in [2.45, 2.75) is 25.6 Å². The third kappa shape index (κ3) is 3.94. The molecule has 2 saturated heterocycles. The van der Waals surface area contributed by atoms with Crippen LogP contribution < -0.4 is 0 Å². The maximum atomic E-state index is 11.7. The molecule has 0 bridgehead atoms. The first-order valence-electron chi connectivity index (χ1n) is 6.45. The molecule has 1 amide bonds. The van der Waals surface area contributed by atoms with Gasteiger partial charge in [0.15, 0.2) is 6.29 Å². The third-order valence-electron chi connectivity index (χ3n) is 3.33. The molecule has 2 rings (SSSR count). The van der Waals surface area contributed by atoms with Gasteiger partial charge >= 0.3 is 0 Å². The van der Waals surface area contributed by atoms with Crippen molar-refractivity contribution in [1.29, 1.82) is 0 Å². The van der Waals surface area contributed by atoms with E-state index in [-0.39, 0.29) is 12.2 Å². The van der Waals surface area contributed by atoms with Crippen molar-refractivity contribution >= 4 is 5.91 Å². The summed E-state index contributed by atoms with van der Waals surface area (Å²) in [6.45, 7) is 4.86. The number of carbonyl (C=O) groups is 1. The van der Waals surface area contributed by atoms with Gasteiger partial charge in [-0.3, -0.25) is 9.69 Å². The largest absolute Gasteiger partial charge is 0.353 e. The standard InChI is InChI=1S/C12H22N2O3/c1-13-5-2-6-14(10-11(13)15)7-4-12-16-8-3-9-17-12/h12H,2-10H2,1H3. The Morgan fingerprint density at radius 2 is 2.00 bits per heavy atom. The topological polar surface area (TPSA) is 42.0 Å². The van der Waals surface area contributed by atoms with E-state index in [2.05, 4.69) is 4.90 Å². The molecular formula is C12H22N2O3. The summed E-state index contributed by atoms with van der Waals surface area (Å²) in [5.74, 6) is 0.216. The maximum Gasteiger partial charge on any atom is 0.236 e. The Bertz CT molecular complexity index is 254. The molecule has 0 unspecified atom stereocenters. The van der Waals surface area contributed by atoms with Crippen molar-refractivity contribution in [1.82, 2.24) is 9.80 Å². The summed E-state index contributed by atoms with van der Waals surface area (Å²) in [6.07, 6.45) is 2.83. The fourth-order valence-electron chi connectivity index (χ4n) is 2.23. The summed E-state index contributed by atoms with van der Waals surface area (Å²) in [4.78, 5) is 15.7. The fraction of sp³-hybridized carbons (Fsp3) is 0.917. The minimum Gasteiger partial charge on any atom is -0.353 e. The summed E-state index contributed by atoms with van der Waals surface area (Å²) < 4.78 is 11.0. The van der Waals surface area contributed by atoms with Crippen LogP contribution in [-0.4, -0.2) is 68.4 Å². The van der Waals surface area contributed by atoms with Crippen LogP contribution in [0.1, 0.15) is 19.3 Å². The highest BCUT2D eigenvalue weighted by atomic mass is 16.7. The second kappa shape index (κ2) is 6.33. The predicted octanol–water partition coefficient (Wildman–Crippen LogP) is 0.304. The van der Waals surface area contributed by atoms with Crippen molar-refractivity contribution in [3.05, 3.63) is 0 Å². The maximum absolute atomic E-state index is 11.7. The van der Waals surface area contributed by atoms with E-state index in [0.717, 1.165) is 52.1 Å². The smallest absolute Gasteiger partial charge is 0.236 e. The van der Waals surface area contributed by atoms with Crippen LogP contribution in [0, 0.1) is 0 Å². The molecule has 0 aromatic heterocycles. The van der Waals surface area contributed by atoms with Gasteiger partial charge in [0.1, 0.15) is 0 Å². The molecule has 0 aromatic carbocycles. The highest BCUT2D eigenvalue weighted by Crippen LogP contribution is 2.10. The second-order valence-corrected chi connectivity index (χ2v) is 4.76. The summed E-state index contributed by atoms with van der Waals surface area (Å²) in [6, 6.07) is 0. The van der Waals surface area contributed by atoms with E-state index in [9.17, 15) is 4.79 Å². The lowest BCUT2D eigenvalue weighted by Gasteiger charge is -2.26. The molecule has 5 nitrogen and oxygen atoms in total. The Morgan fingerprint density at radius 1 is 1.24 bits per heavy atom. The van der Waals surface area contributed by atoms with E-state index in [1.807, 2.05) is 11.9 Å². The lowest BCUT2D eigenvalue weighted by Crippen LogP contribution is -2.37. The molecule has 0 saturated carbocycles. The number of hydrogen-bond acceptors (Lipinski definition) is 4. The molecule has 0 atom stereocenters. The number of hydrogen-bond donors (Lipinski definition) is 0. The number of nitrogens with zero attached hydrogens (tertiary/aromatic N) is 2. The fourth-order valence-corrected chi connectivity index (χ4v) is 2.23. The summed E-state index contributed by atoms with van der Waals surface area (Å²) in [5.41, 5.74) is 0. The first-order chi connectivity index (χ1) is 8.25. The van der Waals surface area contributed by atoms with Crippen molar-refractivity contribution in [2.75, 3.05) is 46.4 Å². The Balaban J connectivity index is 1.72. The van der Waals surface area contributed by atoms with E-state index in [1.54, 1.807) is 0 Å². The second-order valence-electron chi connectivity index (χ2n) is 4.76. The Morgan fingerprint density at radius 3 is 2.76 bits per heavy atom. The Labute approximate surface area is 103 Å². The van der Waals surface area contributed by atoms with Gasteiger partial charge in [0.05, 0.1) is 19.8 Å². The molecule has 0 spiro atoms. The first kappa shape index (κ1) is 12.8. The van der Waals surface area contributed by atoms with Crippen LogP contribution in [0.3, 0.4) is 0 Å². The van der Waals surface area contributed by atoms with Gasteiger partial charge in [-0.05, 0) is 12.8 Å². The van der Waals surface area contributed by atoms with Gasteiger partial charge in [-0.1, -0.05) is 0 Å². The van der Waals surface area contributed by atoms with Gasteiger partial charge in [0.2, 0.25) is 5.91 Å². The van der Waals surface area contributed by atoms with Gasteiger partial charge < -0.3 is 14.4 Å². The molecule has 17 heavy (non-hydrogen) atoms. The summed E-state index contributed by atoms with van der Waals surface area (Å²) in [5, 5.41) is 0. The molecular weight excluding hydrogens is 220 g/mol. The van der Waals surface area contributed by atoms with Crippen LogP contribution >= 0.6 is 0 Å². The third-order valence-corrected chi connectivity index (χ3v) is 3.33. The number of carbonyl (C=O) groups excluding carboxylic acids is 1. The molecule has 2 fully saturated rings. The van der Waals surface area contributed by atoms with E-state index >= 15 is 0 Å². The SMILES string of the molecule is CN1CCCN(CCC2OCCCO2)CC1=O. The minimum absolute atomic E-state index is 0.0696. The Kier molecular flexibility index (Phi) is 4.76. The normalized spacial score (nSPS) is 25.0. The zero-order valence-corrected chi connectivity index (χ0v) is 10.6. The van der Waals surface area contributed by atoms with E-state index in [0.29, 0.717) is 6.54 Å². The van der Waals surface area contributed by atoms with Gasteiger partial charge in [0.25, 0.3) is 0 Å². The van der Waals surface area contributed by atoms with E-state index < -0.39 is 0 Å². The van der Waals surface area contributed by atoms with Gasteiger partial charge in [-0.2, -0.15) is 0 Å². The van der Waals surface area contributed by atoms with Crippen molar-refractivity contribution in [3.63, 3.8) is 0 Å². The van der Waals surface area contributed by atoms with E-state index in [1.165, 1.54) is 0 Å². The molecule has 2 aliphatic rings. The minimum atomic E-state index is -0.0696. The monoisotopic (exact) mass is 242 g/mol. The lowest BCUT2D eigenvalue weighted by atomic mass is 10.3. The Hall–Kier alpha value is -0.650. The zero-order chi connectivity index (χ0) is 12.1. The average Bonchev–Trinajstić information content (AvgIpc) is 2.51. The molecule has 0 aromatic rings. The van der Waals surface area contributed by atoms with Crippen LogP contribution in [0.25, 0.3) is 0 Å². The molecule has 0 N–H and O–H groups in total. The number of amides is 1. The van der Waals surface area contributed by atoms with E-state index in [4.69, 9.17) is 9.47 Å². The highest BCUT2D eigenvalue weighted by molar-refractivity contribution is 5.78. The summed E-state index contributed by atoms with van der Waals surface area (Å²) >= 11 is 0. The van der Waals surface area contributed by atoms with Gasteiger partial charge in [-0.25, -0.2) is 0 Å². The number of likely N-dealkylation sites (N-methyl/N-ethyl adjacent to an activating group) is 1. The van der Waals surface area contributed by atoms with Crippen LogP contribution in [0.2, 0.25) is 0 Å². The van der Waals surface area contributed by atoms with Gasteiger partial charge in [0, 0.05) is 33.1 Å². The molecule has 2 aliphatic heterocycles. The van der Waals surface area contributed by atoms with Crippen molar-refractivity contribution in [2.24, 2.45) is 0 Å². The lowest BCUT2D eigenvalue weighted by molar-refractivity contribution is -0.182. The highest BCUT2D eigenvalue weighted by Gasteiger charge is 2.21. The quantitative estimate of drug-likeness (QED) is 0.714. The van der Waals surface area contributed by atoms with Crippen LogP contribution in [0.5, 0.6) is 0 Å². The van der Waals surface area contributed by atoms with Crippen molar-refractivity contribution < 1.29 is 14.3 Å². The first-order valence-corrected chi connectivity index (χ1v) is 6.45. The molecule has 0 aliphatic carbocycles.